The number of carbonyl (C=O) groups excluding carboxylic acids is 1. The third kappa shape index (κ3) is 4.82. The van der Waals surface area contributed by atoms with Gasteiger partial charge in [0.1, 0.15) is 11.6 Å². The van der Waals surface area contributed by atoms with Crippen LogP contribution in [0.25, 0.3) is 0 Å². The van der Waals surface area contributed by atoms with Gasteiger partial charge in [0.05, 0.1) is 18.7 Å². The molecular weight excluding hydrogens is 424 g/mol. The van der Waals surface area contributed by atoms with Gasteiger partial charge >= 0.3 is 0 Å². The van der Waals surface area contributed by atoms with Gasteiger partial charge in [-0.1, -0.05) is 20.8 Å². The van der Waals surface area contributed by atoms with Crippen LogP contribution in [0.15, 0.2) is 24.4 Å². The predicted molar refractivity (Wildman–Crippen MR) is 124 cm³/mol. The molecule has 3 atom stereocenters. The maximum absolute atomic E-state index is 15.0. The molecule has 0 saturated heterocycles. The largest absolute Gasteiger partial charge is 0.487 e. The quantitative estimate of drug-likeness (QED) is 0.569. The van der Waals surface area contributed by atoms with Crippen LogP contribution in [0, 0.1) is 23.0 Å². The van der Waals surface area contributed by atoms with E-state index < -0.39 is 17.7 Å². The number of anilines is 1. The third-order valence-corrected chi connectivity index (χ3v) is 6.82. The summed E-state index contributed by atoms with van der Waals surface area (Å²) >= 11 is 0. The number of fused-ring (bicyclic) bond motifs is 1. The van der Waals surface area contributed by atoms with E-state index in [1.54, 1.807) is 24.1 Å². The van der Waals surface area contributed by atoms with Crippen LogP contribution >= 0.6 is 0 Å². The van der Waals surface area contributed by atoms with Gasteiger partial charge < -0.3 is 15.0 Å². The zero-order valence-electron chi connectivity index (χ0n) is 20.0. The van der Waals surface area contributed by atoms with E-state index in [2.05, 4.69) is 31.1 Å². The SMILES string of the molecule is CCN1Cc2c(ccnc2N[C@@H](C)c2cc(F)c(O[C@@H]3C[C@@H](C)CC(C)(C)C3)cc2F)C1=O. The fourth-order valence-corrected chi connectivity index (χ4v) is 5.44. The summed E-state index contributed by atoms with van der Waals surface area (Å²) in [4.78, 5) is 18.5. The van der Waals surface area contributed by atoms with E-state index in [0.717, 1.165) is 30.9 Å². The first-order valence-electron chi connectivity index (χ1n) is 11.8. The molecule has 178 valence electrons. The molecule has 4 rings (SSSR count). The van der Waals surface area contributed by atoms with Gasteiger partial charge in [0.25, 0.3) is 5.91 Å². The highest BCUT2D eigenvalue weighted by molar-refractivity contribution is 5.99. The second kappa shape index (κ2) is 8.92. The van der Waals surface area contributed by atoms with Gasteiger partial charge in [0.15, 0.2) is 11.6 Å². The van der Waals surface area contributed by atoms with Crippen molar-refractivity contribution >= 4 is 11.7 Å². The maximum Gasteiger partial charge on any atom is 0.254 e. The molecule has 1 aliphatic heterocycles. The average Bonchev–Trinajstić information content (AvgIpc) is 3.06. The molecule has 2 aliphatic rings. The minimum absolute atomic E-state index is 0.0375. The molecule has 1 saturated carbocycles. The van der Waals surface area contributed by atoms with Crippen LogP contribution in [-0.2, 0) is 6.54 Å². The molecule has 5 nitrogen and oxygen atoms in total. The Morgan fingerprint density at radius 2 is 2.03 bits per heavy atom. The van der Waals surface area contributed by atoms with E-state index >= 15 is 4.39 Å². The molecule has 1 aromatic heterocycles. The van der Waals surface area contributed by atoms with Gasteiger partial charge in [-0.2, -0.15) is 0 Å². The van der Waals surface area contributed by atoms with Gasteiger partial charge in [-0.3, -0.25) is 4.79 Å². The number of carbonyl (C=O) groups is 1. The molecule has 1 aromatic carbocycles. The normalized spacial score (nSPS) is 22.8. The lowest BCUT2D eigenvalue weighted by Crippen LogP contribution is -2.34. The Kier molecular flexibility index (Phi) is 6.34. The van der Waals surface area contributed by atoms with Crippen molar-refractivity contribution in [2.45, 2.75) is 72.6 Å². The van der Waals surface area contributed by atoms with Crippen molar-refractivity contribution in [3.63, 3.8) is 0 Å². The fourth-order valence-electron chi connectivity index (χ4n) is 5.44. The number of amides is 1. The summed E-state index contributed by atoms with van der Waals surface area (Å²) in [6.07, 6.45) is 4.18. The predicted octanol–water partition coefficient (Wildman–Crippen LogP) is 6.10. The highest BCUT2D eigenvalue weighted by Crippen LogP contribution is 2.40. The number of ether oxygens (including phenoxy) is 1. The Balaban J connectivity index is 1.52. The molecule has 2 heterocycles. The highest BCUT2D eigenvalue weighted by Gasteiger charge is 2.34. The second-order valence-electron chi connectivity index (χ2n) is 10.3. The van der Waals surface area contributed by atoms with Crippen molar-refractivity contribution in [2.75, 3.05) is 11.9 Å². The van der Waals surface area contributed by atoms with Gasteiger partial charge in [0.2, 0.25) is 0 Å². The van der Waals surface area contributed by atoms with Crippen molar-refractivity contribution in [1.29, 1.82) is 0 Å². The van der Waals surface area contributed by atoms with E-state index in [9.17, 15) is 9.18 Å². The molecule has 7 heteroatoms. The summed E-state index contributed by atoms with van der Waals surface area (Å²) in [5, 5.41) is 3.17. The topological polar surface area (TPSA) is 54.5 Å². The number of halogens is 2. The molecule has 1 N–H and O–H groups in total. The minimum Gasteiger partial charge on any atom is -0.487 e. The minimum atomic E-state index is -0.574. The number of nitrogens with zero attached hydrogens (tertiary/aromatic N) is 2. The van der Waals surface area contributed by atoms with Crippen LogP contribution in [-0.4, -0.2) is 28.4 Å². The Bertz CT molecular complexity index is 1060. The molecule has 33 heavy (non-hydrogen) atoms. The summed E-state index contributed by atoms with van der Waals surface area (Å²) in [6, 6.07) is 3.50. The summed E-state index contributed by atoms with van der Waals surface area (Å²) in [5.41, 5.74) is 1.69. The number of hydrogen-bond donors (Lipinski definition) is 1. The number of pyridine rings is 1. The number of rotatable bonds is 6. The summed E-state index contributed by atoms with van der Waals surface area (Å²) in [5.74, 6) is -0.192. The molecule has 2 aromatic rings. The Morgan fingerprint density at radius 3 is 2.73 bits per heavy atom. The lowest BCUT2D eigenvalue weighted by atomic mass is 9.71. The van der Waals surface area contributed by atoms with E-state index in [0.29, 0.717) is 30.4 Å². The number of aromatic nitrogens is 1. The monoisotopic (exact) mass is 457 g/mol. The summed E-state index contributed by atoms with van der Waals surface area (Å²) < 4.78 is 35.9. The first-order valence-corrected chi connectivity index (χ1v) is 11.8. The van der Waals surface area contributed by atoms with Crippen molar-refractivity contribution in [3.05, 3.63) is 52.7 Å². The molecule has 1 aliphatic carbocycles. The Hall–Kier alpha value is -2.70. The molecular formula is C26H33F2N3O2. The number of hydrogen-bond acceptors (Lipinski definition) is 4. The Morgan fingerprint density at radius 1 is 1.27 bits per heavy atom. The van der Waals surface area contributed by atoms with Gasteiger partial charge in [-0.25, -0.2) is 13.8 Å². The standard InChI is InChI=1S/C26H33F2N3O2/c1-6-31-14-20-18(25(31)32)7-8-29-24(20)30-16(3)19-10-22(28)23(11-21(19)27)33-17-9-15(2)12-26(4,5)13-17/h7-8,10-11,15-17H,6,9,12-14H2,1-5H3,(H,29,30)/t15-,16+,17-/m1/s1. The molecule has 1 fully saturated rings. The molecule has 0 bridgehead atoms. The van der Waals surface area contributed by atoms with Crippen molar-refractivity contribution in [1.82, 2.24) is 9.88 Å². The summed E-state index contributed by atoms with van der Waals surface area (Å²) in [7, 11) is 0. The second-order valence-corrected chi connectivity index (χ2v) is 10.3. The van der Waals surface area contributed by atoms with Crippen LogP contribution in [0.4, 0.5) is 14.6 Å². The number of nitrogens with one attached hydrogen (secondary N) is 1. The van der Waals surface area contributed by atoms with E-state index in [1.807, 2.05) is 6.92 Å². The molecule has 0 radical (unpaired) electrons. The van der Waals surface area contributed by atoms with Crippen molar-refractivity contribution < 1.29 is 18.3 Å². The molecule has 1 amide bonds. The third-order valence-electron chi connectivity index (χ3n) is 6.82. The van der Waals surface area contributed by atoms with Crippen LogP contribution in [0.1, 0.15) is 81.4 Å². The van der Waals surface area contributed by atoms with E-state index in [1.165, 1.54) is 6.07 Å². The number of benzene rings is 1. The summed E-state index contributed by atoms with van der Waals surface area (Å²) in [6.45, 7) is 11.3. The van der Waals surface area contributed by atoms with Crippen LogP contribution in [0.3, 0.4) is 0 Å². The Labute approximate surface area is 194 Å². The first kappa shape index (κ1) is 23.5. The maximum atomic E-state index is 15.0. The van der Waals surface area contributed by atoms with Crippen LogP contribution in [0.2, 0.25) is 0 Å². The van der Waals surface area contributed by atoms with E-state index in [-0.39, 0.29) is 28.7 Å². The van der Waals surface area contributed by atoms with Crippen molar-refractivity contribution in [2.24, 2.45) is 11.3 Å². The zero-order chi connectivity index (χ0) is 23.9. The lowest BCUT2D eigenvalue weighted by Gasteiger charge is -2.38. The van der Waals surface area contributed by atoms with Crippen molar-refractivity contribution in [3.8, 4) is 5.75 Å². The highest BCUT2D eigenvalue weighted by atomic mass is 19.1. The van der Waals surface area contributed by atoms with Crippen LogP contribution in [0.5, 0.6) is 5.75 Å². The molecule has 0 unspecified atom stereocenters. The van der Waals surface area contributed by atoms with Gasteiger partial charge in [0, 0.05) is 35.5 Å². The first-order chi connectivity index (χ1) is 15.6. The molecule has 0 spiro atoms. The van der Waals surface area contributed by atoms with Gasteiger partial charge in [-0.05, 0) is 56.6 Å². The fraction of sp³-hybridized carbons (Fsp3) is 0.538. The smallest absolute Gasteiger partial charge is 0.254 e. The van der Waals surface area contributed by atoms with Gasteiger partial charge in [-0.15, -0.1) is 0 Å². The zero-order valence-corrected chi connectivity index (χ0v) is 20.0. The average molecular weight is 458 g/mol. The van der Waals surface area contributed by atoms with E-state index in [4.69, 9.17) is 4.74 Å². The lowest BCUT2D eigenvalue weighted by molar-refractivity contribution is 0.0533. The van der Waals surface area contributed by atoms with Crippen LogP contribution < -0.4 is 10.1 Å².